The molecule has 3 heteroatoms. The zero-order chi connectivity index (χ0) is 11.8. The van der Waals surface area contributed by atoms with E-state index in [1.54, 1.807) is 0 Å². The van der Waals surface area contributed by atoms with Gasteiger partial charge < -0.3 is 15.4 Å². The average Bonchev–Trinajstić information content (AvgIpc) is 2.73. The van der Waals surface area contributed by atoms with Gasteiger partial charge in [0.2, 0.25) is 0 Å². The van der Waals surface area contributed by atoms with E-state index < -0.39 is 0 Å². The van der Waals surface area contributed by atoms with Gasteiger partial charge in [0.25, 0.3) is 0 Å². The Hall–Kier alpha value is -1.22. The molecule has 2 aliphatic rings. The summed E-state index contributed by atoms with van der Waals surface area (Å²) in [5.41, 5.74) is 8.47. The number of anilines is 1. The van der Waals surface area contributed by atoms with Crippen molar-refractivity contribution >= 4 is 5.69 Å². The molecule has 0 unspecified atom stereocenters. The molecular formula is C14H20N2O. The van der Waals surface area contributed by atoms with Crippen LogP contribution in [0.2, 0.25) is 0 Å². The van der Waals surface area contributed by atoms with Crippen LogP contribution in [0.25, 0.3) is 0 Å². The minimum absolute atomic E-state index is 0.446. The van der Waals surface area contributed by atoms with Gasteiger partial charge in [-0.3, -0.25) is 0 Å². The van der Waals surface area contributed by atoms with Crippen molar-refractivity contribution in [1.82, 2.24) is 0 Å². The zero-order valence-electron chi connectivity index (χ0n) is 10.4. The lowest BCUT2D eigenvalue weighted by Gasteiger charge is -2.36. The number of rotatable bonds is 3. The van der Waals surface area contributed by atoms with Gasteiger partial charge in [0.05, 0.1) is 6.61 Å². The largest absolute Gasteiger partial charge is 0.493 e. The molecule has 1 aliphatic carbocycles. The van der Waals surface area contributed by atoms with Crippen LogP contribution in [0.3, 0.4) is 0 Å². The van der Waals surface area contributed by atoms with E-state index in [0.717, 1.165) is 31.2 Å². The Morgan fingerprint density at radius 3 is 3.00 bits per heavy atom. The van der Waals surface area contributed by atoms with Crippen molar-refractivity contribution in [3.8, 4) is 5.75 Å². The minimum Gasteiger partial charge on any atom is -0.493 e. The molecule has 0 aromatic heterocycles. The van der Waals surface area contributed by atoms with Crippen LogP contribution in [0.1, 0.15) is 18.4 Å². The molecule has 0 amide bonds. The summed E-state index contributed by atoms with van der Waals surface area (Å²) in [7, 11) is 2.17. The van der Waals surface area contributed by atoms with Crippen molar-refractivity contribution in [1.29, 1.82) is 0 Å². The van der Waals surface area contributed by atoms with E-state index in [4.69, 9.17) is 10.5 Å². The quantitative estimate of drug-likeness (QED) is 0.863. The maximum absolute atomic E-state index is 5.82. The maximum atomic E-state index is 5.82. The van der Waals surface area contributed by atoms with Crippen molar-refractivity contribution < 1.29 is 4.74 Å². The van der Waals surface area contributed by atoms with E-state index in [1.807, 2.05) is 0 Å². The topological polar surface area (TPSA) is 38.5 Å². The van der Waals surface area contributed by atoms with Crippen molar-refractivity contribution in [2.45, 2.75) is 25.3 Å². The fraction of sp³-hybridized carbons (Fsp3) is 0.571. The summed E-state index contributed by atoms with van der Waals surface area (Å²) in [4.78, 5) is 2.34. The highest BCUT2D eigenvalue weighted by molar-refractivity contribution is 5.53. The molecule has 1 aromatic rings. The molecule has 0 radical (unpaired) electrons. The SMILES string of the molecule is CN(CC1CC(N)C1)c1ccc2c(c1)CCO2. The van der Waals surface area contributed by atoms with Crippen LogP contribution in [0, 0.1) is 5.92 Å². The molecule has 17 heavy (non-hydrogen) atoms. The molecule has 0 saturated heterocycles. The van der Waals surface area contributed by atoms with Gasteiger partial charge >= 0.3 is 0 Å². The van der Waals surface area contributed by atoms with E-state index in [-0.39, 0.29) is 0 Å². The molecule has 3 nitrogen and oxygen atoms in total. The summed E-state index contributed by atoms with van der Waals surface area (Å²) in [5.74, 6) is 1.84. The summed E-state index contributed by atoms with van der Waals surface area (Å²) >= 11 is 0. The third-order valence-corrected chi connectivity index (χ3v) is 3.92. The van der Waals surface area contributed by atoms with E-state index in [9.17, 15) is 0 Å². The van der Waals surface area contributed by atoms with Crippen LogP contribution in [-0.2, 0) is 6.42 Å². The Morgan fingerprint density at radius 1 is 1.41 bits per heavy atom. The monoisotopic (exact) mass is 232 g/mol. The number of ether oxygens (including phenoxy) is 1. The van der Waals surface area contributed by atoms with Crippen molar-refractivity contribution in [3.63, 3.8) is 0 Å². The summed E-state index contributed by atoms with van der Waals surface area (Å²) in [6.07, 6.45) is 3.40. The Kier molecular flexibility index (Phi) is 2.71. The van der Waals surface area contributed by atoms with Crippen LogP contribution in [0.15, 0.2) is 18.2 Å². The smallest absolute Gasteiger partial charge is 0.122 e. The third-order valence-electron chi connectivity index (χ3n) is 3.92. The molecule has 1 aliphatic heterocycles. The molecule has 1 aromatic carbocycles. The number of benzene rings is 1. The molecule has 1 fully saturated rings. The second-order valence-electron chi connectivity index (χ2n) is 5.37. The Bertz CT molecular complexity index is 413. The van der Waals surface area contributed by atoms with Gasteiger partial charge in [-0.2, -0.15) is 0 Å². The van der Waals surface area contributed by atoms with Crippen LogP contribution >= 0.6 is 0 Å². The molecule has 2 N–H and O–H groups in total. The second-order valence-corrected chi connectivity index (χ2v) is 5.37. The number of nitrogens with two attached hydrogens (primary N) is 1. The van der Waals surface area contributed by atoms with Crippen molar-refractivity contribution in [3.05, 3.63) is 23.8 Å². The highest BCUT2D eigenvalue weighted by Crippen LogP contribution is 2.31. The lowest BCUT2D eigenvalue weighted by molar-refractivity contribution is 0.271. The Morgan fingerprint density at radius 2 is 2.24 bits per heavy atom. The first-order valence-corrected chi connectivity index (χ1v) is 6.45. The molecule has 92 valence electrons. The lowest BCUT2D eigenvalue weighted by Crippen LogP contribution is -2.41. The van der Waals surface area contributed by atoms with Crippen molar-refractivity contribution in [2.24, 2.45) is 11.7 Å². The Balaban J connectivity index is 1.67. The van der Waals surface area contributed by atoms with E-state index >= 15 is 0 Å². The lowest BCUT2D eigenvalue weighted by atomic mass is 9.80. The summed E-state index contributed by atoms with van der Waals surface area (Å²) in [6.45, 7) is 1.95. The highest BCUT2D eigenvalue weighted by Gasteiger charge is 2.27. The number of hydrogen-bond acceptors (Lipinski definition) is 3. The van der Waals surface area contributed by atoms with Crippen molar-refractivity contribution in [2.75, 3.05) is 25.1 Å². The summed E-state index contributed by atoms with van der Waals surface area (Å²) < 4.78 is 5.53. The van der Waals surface area contributed by atoms with E-state index in [1.165, 1.54) is 24.1 Å². The first kappa shape index (κ1) is 10.9. The van der Waals surface area contributed by atoms with Gasteiger partial charge in [0.15, 0.2) is 0 Å². The first-order valence-electron chi connectivity index (χ1n) is 6.45. The Labute approximate surface area is 103 Å². The predicted molar refractivity (Wildman–Crippen MR) is 69.6 cm³/mol. The van der Waals surface area contributed by atoms with E-state index in [2.05, 4.69) is 30.1 Å². The van der Waals surface area contributed by atoms with Gasteiger partial charge in [-0.1, -0.05) is 0 Å². The average molecular weight is 232 g/mol. The van der Waals surface area contributed by atoms with Gasteiger partial charge in [0, 0.05) is 31.7 Å². The van der Waals surface area contributed by atoms with Crippen LogP contribution in [0.4, 0.5) is 5.69 Å². The van der Waals surface area contributed by atoms with Gasteiger partial charge in [-0.15, -0.1) is 0 Å². The number of hydrogen-bond donors (Lipinski definition) is 1. The molecule has 1 heterocycles. The third kappa shape index (κ3) is 2.12. The maximum Gasteiger partial charge on any atom is 0.122 e. The van der Waals surface area contributed by atoms with Crippen LogP contribution in [0.5, 0.6) is 5.75 Å². The normalized spacial score (nSPS) is 26.0. The van der Waals surface area contributed by atoms with Gasteiger partial charge in [0.1, 0.15) is 5.75 Å². The molecule has 0 spiro atoms. The number of fused-ring (bicyclic) bond motifs is 1. The van der Waals surface area contributed by atoms with E-state index in [0.29, 0.717) is 6.04 Å². The molecule has 0 atom stereocenters. The molecular weight excluding hydrogens is 212 g/mol. The molecule has 0 bridgehead atoms. The van der Waals surface area contributed by atoms with Gasteiger partial charge in [-0.25, -0.2) is 0 Å². The highest BCUT2D eigenvalue weighted by atomic mass is 16.5. The van der Waals surface area contributed by atoms with Crippen LogP contribution < -0.4 is 15.4 Å². The van der Waals surface area contributed by atoms with Gasteiger partial charge in [-0.05, 0) is 42.5 Å². The summed E-state index contributed by atoms with van der Waals surface area (Å²) in [6, 6.07) is 6.96. The fourth-order valence-corrected chi connectivity index (χ4v) is 2.84. The number of nitrogens with zero attached hydrogens (tertiary/aromatic N) is 1. The standard InChI is InChI=1S/C14H20N2O/c1-16(9-10-6-12(15)7-10)13-2-3-14-11(8-13)4-5-17-14/h2-3,8,10,12H,4-7,9,15H2,1H3. The second kappa shape index (κ2) is 4.22. The fourth-order valence-electron chi connectivity index (χ4n) is 2.84. The first-order chi connectivity index (χ1) is 8.22. The zero-order valence-corrected chi connectivity index (χ0v) is 10.4. The summed E-state index contributed by atoms with van der Waals surface area (Å²) in [5, 5.41) is 0. The van der Waals surface area contributed by atoms with Crippen LogP contribution in [-0.4, -0.2) is 26.2 Å². The molecule has 1 saturated carbocycles. The predicted octanol–water partition coefficient (Wildman–Crippen LogP) is 1.79. The molecule has 3 rings (SSSR count). The minimum atomic E-state index is 0.446.